The van der Waals surface area contributed by atoms with Crippen LogP contribution in [-0.2, 0) is 86.7 Å². The van der Waals surface area contributed by atoms with Gasteiger partial charge in [-0.2, -0.15) is 0 Å². The molecular formula is C78H79NO12Si. The summed E-state index contributed by atoms with van der Waals surface area (Å²) in [5.41, 5.74) is 6.02. The van der Waals surface area contributed by atoms with Crippen molar-refractivity contribution in [2.24, 2.45) is 0 Å². The molecule has 0 spiro atoms. The van der Waals surface area contributed by atoms with Gasteiger partial charge in [-0.05, 0) is 60.9 Å². The lowest BCUT2D eigenvalue weighted by molar-refractivity contribution is -0.364. The molecule has 2 fully saturated rings. The second-order valence-electron chi connectivity index (χ2n) is 24.5. The summed E-state index contributed by atoms with van der Waals surface area (Å²) in [6, 6.07) is 85.6. The van der Waals surface area contributed by atoms with Crippen LogP contribution < -0.4 is 10.4 Å². The highest BCUT2D eigenvalue weighted by Gasteiger charge is 2.61. The van der Waals surface area contributed by atoms with Crippen LogP contribution in [0.4, 0.5) is 0 Å². The van der Waals surface area contributed by atoms with Crippen LogP contribution in [0, 0.1) is 0 Å². The number of hydrogen-bond donors (Lipinski definition) is 0. The third kappa shape index (κ3) is 15.0. The summed E-state index contributed by atoms with van der Waals surface area (Å²) < 4.78 is 73.6. The Morgan fingerprint density at radius 1 is 0.359 bits per heavy atom. The number of carbonyl (C=O) groups excluding carboxylic acids is 2. The third-order valence-electron chi connectivity index (χ3n) is 17.3. The summed E-state index contributed by atoms with van der Waals surface area (Å²) in [6.45, 7) is 7.57. The van der Waals surface area contributed by atoms with E-state index in [0.717, 1.165) is 43.8 Å². The number of imide groups is 1. The Kier molecular flexibility index (Phi) is 21.3. The van der Waals surface area contributed by atoms with E-state index in [2.05, 4.69) is 45.0 Å². The Hall–Kier alpha value is -8.06. The van der Waals surface area contributed by atoms with Crippen molar-refractivity contribution in [1.82, 2.24) is 4.90 Å². The molecule has 9 aromatic carbocycles. The fraction of sp³-hybridized carbons (Fsp3) is 0.282. The number of ether oxygens (including phenoxy) is 9. The van der Waals surface area contributed by atoms with Gasteiger partial charge in [-0.1, -0.05) is 276 Å². The van der Waals surface area contributed by atoms with E-state index in [-0.39, 0.29) is 64.0 Å². The first-order chi connectivity index (χ1) is 45.1. The molecule has 3 aliphatic heterocycles. The Labute approximate surface area is 540 Å². The molecule has 472 valence electrons. The zero-order valence-electron chi connectivity index (χ0n) is 52.2. The number of benzene rings is 9. The van der Waals surface area contributed by atoms with Gasteiger partial charge in [0.1, 0.15) is 48.8 Å². The molecule has 14 heteroatoms. The highest BCUT2D eigenvalue weighted by Crippen LogP contribution is 2.44. The van der Waals surface area contributed by atoms with Gasteiger partial charge in [0, 0.05) is 0 Å². The highest BCUT2D eigenvalue weighted by molar-refractivity contribution is 6.99. The van der Waals surface area contributed by atoms with E-state index in [1.54, 1.807) is 24.3 Å². The SMILES string of the molecule is CC(C)(C)[Si](O[C@@H]1O[C@H](COCc2ccccc2)[C@@H](O[C@@H]2O[C@H](COCc3ccccc3)[C@H](OCc3ccccc3)[C@H](OCc3ccccc3)[C@H]2OCc2ccccc2)[C@H](OCc2ccccc2)[C@H]1N1C(=O)c2ccccc2C1=O)(c1ccccc1)c1ccccc1. The van der Waals surface area contributed by atoms with Crippen LogP contribution in [0.15, 0.2) is 267 Å². The summed E-state index contributed by atoms with van der Waals surface area (Å²) >= 11 is 0. The summed E-state index contributed by atoms with van der Waals surface area (Å²) in [7, 11) is -3.64. The van der Waals surface area contributed by atoms with Crippen LogP contribution in [0.2, 0.25) is 5.04 Å². The molecule has 10 atom stereocenters. The average molecular weight is 1250 g/mol. The maximum atomic E-state index is 15.6. The minimum atomic E-state index is -3.64. The molecule has 3 aliphatic rings. The number of fused-ring (bicyclic) bond motifs is 1. The normalized spacial score (nSPS) is 22.5. The molecule has 0 radical (unpaired) electrons. The molecule has 9 aromatic rings. The molecule has 2 amide bonds. The summed E-state index contributed by atoms with van der Waals surface area (Å²) in [4.78, 5) is 32.5. The maximum absolute atomic E-state index is 15.6. The quantitative estimate of drug-likeness (QED) is 0.0359. The molecule has 0 N–H and O–H groups in total. The largest absolute Gasteiger partial charge is 0.381 e. The van der Waals surface area contributed by atoms with Gasteiger partial charge in [0.25, 0.3) is 20.1 Å². The number of carbonyl (C=O) groups is 2. The summed E-state index contributed by atoms with van der Waals surface area (Å²) in [5.74, 6) is -1.05. The van der Waals surface area contributed by atoms with Gasteiger partial charge in [-0.15, -0.1) is 0 Å². The minimum Gasteiger partial charge on any atom is -0.381 e. The van der Waals surface area contributed by atoms with E-state index >= 15 is 9.59 Å². The zero-order chi connectivity index (χ0) is 63.1. The average Bonchev–Trinajstić information content (AvgIpc) is 1.19. The lowest BCUT2D eigenvalue weighted by atomic mass is 9.93. The first-order valence-electron chi connectivity index (χ1n) is 31.7. The van der Waals surface area contributed by atoms with Crippen molar-refractivity contribution in [3.8, 4) is 0 Å². The Bertz CT molecular complexity index is 3650. The van der Waals surface area contributed by atoms with E-state index in [4.69, 9.17) is 47.1 Å². The minimum absolute atomic E-state index is 0.0299. The Balaban J connectivity index is 1.03. The van der Waals surface area contributed by atoms with E-state index < -0.39 is 86.5 Å². The lowest BCUT2D eigenvalue weighted by Gasteiger charge is -2.54. The van der Waals surface area contributed by atoms with Gasteiger partial charge in [0.05, 0.1) is 64.0 Å². The standard InChI is InChI=1S/C78H79NO12Si/c1-78(2,3)92(62-42-24-10-25-43-62,63-44-26-11-27-45-63)91-76-68(79-74(80)64-46-28-29-47-65(64)75(79)81)71(85-51-59-36-18-7-19-37-59)70(67(88-76)55-83-49-57-32-14-5-15-33-57)90-77-73(87-53-61-40-22-9-23-41-61)72(86-52-60-38-20-8-21-39-60)69(84-50-58-34-16-6-17-35-58)66(89-77)54-82-48-56-30-12-4-13-31-56/h4-47,66-73,76-77H,48-55H2,1-3H3/t66-,67-,68-,69+,70-,71-,72+,73-,76+,77+/m1/s1. The van der Waals surface area contributed by atoms with Gasteiger partial charge in [-0.3, -0.25) is 14.5 Å². The lowest BCUT2D eigenvalue weighted by Crippen LogP contribution is -2.74. The number of hydrogen-bond acceptors (Lipinski definition) is 12. The van der Waals surface area contributed by atoms with Crippen molar-refractivity contribution in [3.63, 3.8) is 0 Å². The van der Waals surface area contributed by atoms with Crippen molar-refractivity contribution in [2.75, 3.05) is 13.2 Å². The molecule has 3 heterocycles. The van der Waals surface area contributed by atoms with Crippen LogP contribution in [-0.4, -0.2) is 99.6 Å². The van der Waals surface area contributed by atoms with Gasteiger partial charge in [0.2, 0.25) is 0 Å². The second-order valence-corrected chi connectivity index (χ2v) is 28.8. The fourth-order valence-electron chi connectivity index (χ4n) is 12.7. The van der Waals surface area contributed by atoms with Crippen LogP contribution in [0.1, 0.15) is 74.9 Å². The van der Waals surface area contributed by atoms with E-state index in [1.165, 1.54) is 4.90 Å². The van der Waals surface area contributed by atoms with Gasteiger partial charge in [-0.25, -0.2) is 0 Å². The van der Waals surface area contributed by atoms with Crippen molar-refractivity contribution < 1.29 is 56.6 Å². The van der Waals surface area contributed by atoms with Crippen molar-refractivity contribution in [1.29, 1.82) is 0 Å². The summed E-state index contributed by atoms with van der Waals surface area (Å²) in [5, 5.41) is 1.32. The molecule has 13 nitrogen and oxygen atoms in total. The molecule has 12 rings (SSSR count). The maximum Gasteiger partial charge on any atom is 0.264 e. The highest BCUT2D eigenvalue weighted by atomic mass is 28.4. The topological polar surface area (TPSA) is 130 Å². The Morgan fingerprint density at radius 2 is 0.674 bits per heavy atom. The molecule has 0 bridgehead atoms. The number of rotatable bonds is 27. The monoisotopic (exact) mass is 1250 g/mol. The third-order valence-corrected chi connectivity index (χ3v) is 22.2. The number of nitrogens with zero attached hydrogens (tertiary/aromatic N) is 1. The molecule has 0 aromatic heterocycles. The zero-order valence-corrected chi connectivity index (χ0v) is 53.2. The van der Waals surface area contributed by atoms with Crippen LogP contribution in [0.25, 0.3) is 0 Å². The first kappa shape index (κ1) is 64.1. The first-order valence-corrected chi connectivity index (χ1v) is 33.6. The van der Waals surface area contributed by atoms with E-state index in [9.17, 15) is 0 Å². The molecule has 0 saturated carbocycles. The predicted molar refractivity (Wildman–Crippen MR) is 354 cm³/mol. The van der Waals surface area contributed by atoms with E-state index in [0.29, 0.717) is 0 Å². The predicted octanol–water partition coefficient (Wildman–Crippen LogP) is 12.8. The molecule has 2 saturated heterocycles. The molecule has 0 unspecified atom stereocenters. The van der Waals surface area contributed by atoms with E-state index in [1.807, 2.05) is 218 Å². The summed E-state index contributed by atoms with van der Waals surface area (Å²) in [6.07, 6.45) is -9.70. The van der Waals surface area contributed by atoms with Crippen molar-refractivity contribution >= 4 is 30.5 Å². The smallest absolute Gasteiger partial charge is 0.264 e. The molecular weight excluding hydrogens is 1170 g/mol. The van der Waals surface area contributed by atoms with Gasteiger partial charge >= 0.3 is 0 Å². The fourth-order valence-corrected chi connectivity index (χ4v) is 17.3. The number of amides is 2. The molecule has 0 aliphatic carbocycles. The van der Waals surface area contributed by atoms with Gasteiger partial charge in [0.15, 0.2) is 12.6 Å². The van der Waals surface area contributed by atoms with Crippen molar-refractivity contribution in [3.05, 3.63) is 311 Å². The Morgan fingerprint density at radius 3 is 1.07 bits per heavy atom. The van der Waals surface area contributed by atoms with Crippen LogP contribution in [0.3, 0.4) is 0 Å². The van der Waals surface area contributed by atoms with Crippen molar-refractivity contribution in [2.45, 2.75) is 127 Å². The second kappa shape index (κ2) is 30.6. The van der Waals surface area contributed by atoms with Gasteiger partial charge < -0.3 is 47.1 Å². The molecule has 92 heavy (non-hydrogen) atoms. The van der Waals surface area contributed by atoms with Crippen LogP contribution >= 0.6 is 0 Å². The van der Waals surface area contributed by atoms with Crippen LogP contribution in [0.5, 0.6) is 0 Å².